The molecule has 0 atom stereocenters. The van der Waals surface area contributed by atoms with Crippen molar-refractivity contribution in [1.29, 1.82) is 0 Å². The molecule has 2 N–H and O–H groups in total. The van der Waals surface area contributed by atoms with E-state index in [9.17, 15) is 9.59 Å². The van der Waals surface area contributed by atoms with Crippen LogP contribution in [-0.2, 0) is 4.79 Å². The SMILES string of the molecule is CCC(CC)C(=O)Nc1ccc(OC)c(NC(=O)c2ccco2)c1. The zero-order valence-corrected chi connectivity index (χ0v) is 14.1. The molecule has 2 amide bonds. The van der Waals surface area contributed by atoms with Gasteiger partial charge >= 0.3 is 0 Å². The molecule has 128 valence electrons. The molecular formula is C18H22N2O4. The Morgan fingerprint density at radius 3 is 2.50 bits per heavy atom. The van der Waals surface area contributed by atoms with E-state index in [1.165, 1.54) is 13.4 Å². The van der Waals surface area contributed by atoms with Gasteiger partial charge in [0.2, 0.25) is 5.91 Å². The van der Waals surface area contributed by atoms with Crippen LogP contribution in [0.5, 0.6) is 5.75 Å². The molecule has 2 rings (SSSR count). The fourth-order valence-electron chi connectivity index (χ4n) is 2.38. The highest BCUT2D eigenvalue weighted by molar-refractivity contribution is 6.03. The Morgan fingerprint density at radius 1 is 1.17 bits per heavy atom. The van der Waals surface area contributed by atoms with E-state index in [1.807, 2.05) is 13.8 Å². The van der Waals surface area contributed by atoms with Crippen molar-refractivity contribution in [3.8, 4) is 5.75 Å². The van der Waals surface area contributed by atoms with Gasteiger partial charge in [-0.15, -0.1) is 0 Å². The van der Waals surface area contributed by atoms with Gasteiger partial charge in [0.15, 0.2) is 5.76 Å². The standard InChI is InChI=1S/C18H22N2O4/c1-4-12(5-2)17(21)19-13-8-9-15(23-3)14(11-13)20-18(22)16-7-6-10-24-16/h6-12H,4-5H2,1-3H3,(H,19,21)(H,20,22). The Bertz CT molecular complexity index is 691. The van der Waals surface area contributed by atoms with Gasteiger partial charge in [-0.05, 0) is 43.2 Å². The third-order valence-electron chi connectivity index (χ3n) is 3.82. The Hall–Kier alpha value is -2.76. The van der Waals surface area contributed by atoms with Gasteiger partial charge in [0.25, 0.3) is 5.91 Å². The summed E-state index contributed by atoms with van der Waals surface area (Å²) in [5.74, 6) is 0.238. The molecule has 0 spiro atoms. The Kier molecular flexibility index (Phi) is 6.01. The number of benzene rings is 1. The van der Waals surface area contributed by atoms with Gasteiger partial charge in [0.1, 0.15) is 5.75 Å². The Labute approximate surface area is 141 Å². The van der Waals surface area contributed by atoms with Gasteiger partial charge in [-0.1, -0.05) is 13.8 Å². The number of furan rings is 1. The molecule has 0 aliphatic heterocycles. The van der Waals surface area contributed by atoms with Crippen LogP contribution < -0.4 is 15.4 Å². The van der Waals surface area contributed by atoms with Crippen molar-refractivity contribution >= 4 is 23.2 Å². The second-order valence-corrected chi connectivity index (χ2v) is 5.35. The van der Waals surface area contributed by atoms with Crippen LogP contribution >= 0.6 is 0 Å². The predicted molar refractivity (Wildman–Crippen MR) is 92.4 cm³/mol. The van der Waals surface area contributed by atoms with Gasteiger partial charge in [0.05, 0.1) is 19.1 Å². The second kappa shape index (κ2) is 8.19. The largest absolute Gasteiger partial charge is 0.495 e. The van der Waals surface area contributed by atoms with E-state index in [1.54, 1.807) is 30.3 Å². The number of methoxy groups -OCH3 is 1. The first-order chi connectivity index (χ1) is 11.6. The van der Waals surface area contributed by atoms with Gasteiger partial charge < -0.3 is 19.8 Å². The molecule has 1 heterocycles. The lowest BCUT2D eigenvalue weighted by atomic mass is 10.0. The molecule has 0 aliphatic rings. The molecule has 0 bridgehead atoms. The van der Waals surface area contributed by atoms with E-state index >= 15 is 0 Å². The normalized spacial score (nSPS) is 10.5. The summed E-state index contributed by atoms with van der Waals surface area (Å²) in [5, 5.41) is 5.60. The lowest BCUT2D eigenvalue weighted by Crippen LogP contribution is -2.21. The zero-order valence-electron chi connectivity index (χ0n) is 14.1. The average molecular weight is 330 g/mol. The highest BCUT2D eigenvalue weighted by Crippen LogP contribution is 2.29. The van der Waals surface area contributed by atoms with Crippen molar-refractivity contribution in [2.24, 2.45) is 5.92 Å². The fourth-order valence-corrected chi connectivity index (χ4v) is 2.38. The highest BCUT2D eigenvalue weighted by Gasteiger charge is 2.16. The number of hydrogen-bond donors (Lipinski definition) is 2. The van der Waals surface area contributed by atoms with E-state index in [2.05, 4.69) is 10.6 Å². The third kappa shape index (κ3) is 4.16. The first-order valence-electron chi connectivity index (χ1n) is 7.92. The van der Waals surface area contributed by atoms with Crippen molar-refractivity contribution < 1.29 is 18.7 Å². The molecule has 1 aromatic carbocycles. The maximum Gasteiger partial charge on any atom is 0.291 e. The molecule has 0 unspecified atom stereocenters. The summed E-state index contributed by atoms with van der Waals surface area (Å²) in [7, 11) is 1.51. The molecule has 0 aliphatic carbocycles. The highest BCUT2D eigenvalue weighted by atomic mass is 16.5. The molecule has 2 aromatic rings. The second-order valence-electron chi connectivity index (χ2n) is 5.35. The van der Waals surface area contributed by atoms with Gasteiger partial charge in [-0.3, -0.25) is 9.59 Å². The Balaban J connectivity index is 2.18. The first-order valence-corrected chi connectivity index (χ1v) is 7.92. The van der Waals surface area contributed by atoms with E-state index in [4.69, 9.17) is 9.15 Å². The van der Waals surface area contributed by atoms with Gasteiger partial charge in [-0.25, -0.2) is 0 Å². The van der Waals surface area contributed by atoms with Crippen LogP contribution in [0.1, 0.15) is 37.2 Å². The topological polar surface area (TPSA) is 80.6 Å². The van der Waals surface area contributed by atoms with Crippen LogP contribution in [-0.4, -0.2) is 18.9 Å². The van der Waals surface area contributed by atoms with E-state index < -0.39 is 0 Å². The fraction of sp³-hybridized carbons (Fsp3) is 0.333. The summed E-state index contributed by atoms with van der Waals surface area (Å²) in [4.78, 5) is 24.3. The van der Waals surface area contributed by atoms with Crippen LogP contribution in [0.25, 0.3) is 0 Å². The Morgan fingerprint density at radius 2 is 1.92 bits per heavy atom. The van der Waals surface area contributed by atoms with Crippen LogP contribution in [0.15, 0.2) is 41.0 Å². The number of amides is 2. The van der Waals surface area contributed by atoms with Crippen LogP contribution in [0.2, 0.25) is 0 Å². The number of carbonyl (C=O) groups is 2. The van der Waals surface area contributed by atoms with Gasteiger partial charge in [-0.2, -0.15) is 0 Å². The van der Waals surface area contributed by atoms with Crippen molar-refractivity contribution in [3.63, 3.8) is 0 Å². The summed E-state index contributed by atoms with van der Waals surface area (Å²) in [6.45, 7) is 3.97. The zero-order chi connectivity index (χ0) is 17.5. The van der Waals surface area contributed by atoms with Crippen molar-refractivity contribution in [2.45, 2.75) is 26.7 Å². The maximum atomic E-state index is 12.2. The number of hydrogen-bond acceptors (Lipinski definition) is 4. The minimum Gasteiger partial charge on any atom is -0.495 e. The molecule has 6 nitrogen and oxygen atoms in total. The number of carbonyl (C=O) groups excluding carboxylic acids is 2. The summed E-state index contributed by atoms with van der Waals surface area (Å²) in [6.07, 6.45) is 2.99. The minimum atomic E-state index is -0.387. The van der Waals surface area contributed by atoms with Crippen molar-refractivity contribution in [3.05, 3.63) is 42.4 Å². The summed E-state index contributed by atoms with van der Waals surface area (Å²) in [5.41, 5.74) is 1.06. The lowest BCUT2D eigenvalue weighted by Gasteiger charge is -2.15. The quantitative estimate of drug-likeness (QED) is 0.806. The number of rotatable bonds is 7. The smallest absolute Gasteiger partial charge is 0.291 e. The molecule has 0 fully saturated rings. The van der Waals surface area contributed by atoms with Crippen LogP contribution in [0, 0.1) is 5.92 Å². The first kappa shape index (κ1) is 17.6. The molecule has 0 saturated carbocycles. The van der Waals surface area contributed by atoms with Crippen molar-refractivity contribution in [2.75, 3.05) is 17.7 Å². The summed E-state index contributed by atoms with van der Waals surface area (Å²) in [6, 6.07) is 8.31. The van der Waals surface area contributed by atoms with Crippen LogP contribution in [0.3, 0.4) is 0 Å². The summed E-state index contributed by atoms with van der Waals surface area (Å²) < 4.78 is 10.3. The number of anilines is 2. The summed E-state index contributed by atoms with van der Waals surface area (Å²) >= 11 is 0. The van der Waals surface area contributed by atoms with E-state index in [0.29, 0.717) is 17.1 Å². The maximum absolute atomic E-state index is 12.2. The molecule has 6 heteroatoms. The van der Waals surface area contributed by atoms with E-state index in [-0.39, 0.29) is 23.5 Å². The molecule has 1 aromatic heterocycles. The predicted octanol–water partition coefficient (Wildman–Crippen LogP) is 3.92. The van der Waals surface area contributed by atoms with Gasteiger partial charge in [0, 0.05) is 11.6 Å². The minimum absolute atomic E-state index is 0.0338. The molecule has 24 heavy (non-hydrogen) atoms. The molecule has 0 radical (unpaired) electrons. The molecule has 0 saturated heterocycles. The van der Waals surface area contributed by atoms with E-state index in [0.717, 1.165) is 12.8 Å². The van der Waals surface area contributed by atoms with Crippen LogP contribution in [0.4, 0.5) is 11.4 Å². The molecular weight excluding hydrogens is 308 g/mol. The van der Waals surface area contributed by atoms with Crippen molar-refractivity contribution in [1.82, 2.24) is 0 Å². The average Bonchev–Trinajstić information content (AvgIpc) is 3.11. The monoisotopic (exact) mass is 330 g/mol. The number of nitrogens with one attached hydrogen (secondary N) is 2. The lowest BCUT2D eigenvalue weighted by molar-refractivity contribution is -0.120. The third-order valence-corrected chi connectivity index (χ3v) is 3.82. The number of ether oxygens (including phenoxy) is 1.